The number of urea groups is 1. The summed E-state index contributed by atoms with van der Waals surface area (Å²) < 4.78 is 0. The fraction of sp³-hybridized carbons (Fsp3) is 0.857. The lowest BCUT2D eigenvalue weighted by atomic mass is 9.85. The van der Waals surface area contributed by atoms with Crippen molar-refractivity contribution in [3.8, 4) is 0 Å². The third-order valence-corrected chi connectivity index (χ3v) is 4.89. The first-order valence-corrected chi connectivity index (χ1v) is 7.26. The maximum atomic E-state index is 12.2. The number of likely N-dealkylation sites (tertiary alicyclic amines) is 1. The Morgan fingerprint density at radius 2 is 2.16 bits per heavy atom. The number of carboxylic acid groups (broad SMARTS) is 1. The fourth-order valence-corrected chi connectivity index (χ4v) is 3.24. The highest BCUT2D eigenvalue weighted by atomic mass is 16.4. The quantitative estimate of drug-likeness (QED) is 0.823. The number of carboxylic acids is 1. The number of amides is 2. The molecule has 5 heteroatoms. The third kappa shape index (κ3) is 2.69. The van der Waals surface area contributed by atoms with Crippen LogP contribution in [0.5, 0.6) is 0 Å². The van der Waals surface area contributed by atoms with Gasteiger partial charge in [-0.1, -0.05) is 19.8 Å². The molecule has 108 valence electrons. The van der Waals surface area contributed by atoms with Crippen molar-refractivity contribution >= 4 is 12.0 Å². The van der Waals surface area contributed by atoms with Crippen molar-refractivity contribution in [2.24, 2.45) is 11.3 Å². The van der Waals surface area contributed by atoms with Crippen LogP contribution in [0, 0.1) is 11.3 Å². The van der Waals surface area contributed by atoms with Crippen LogP contribution in [0.25, 0.3) is 0 Å². The third-order valence-electron chi connectivity index (χ3n) is 4.89. The van der Waals surface area contributed by atoms with Gasteiger partial charge in [0, 0.05) is 19.1 Å². The summed E-state index contributed by atoms with van der Waals surface area (Å²) in [7, 11) is 0. The molecule has 1 heterocycles. The van der Waals surface area contributed by atoms with Crippen molar-refractivity contribution in [3.63, 3.8) is 0 Å². The maximum absolute atomic E-state index is 12.2. The van der Waals surface area contributed by atoms with Gasteiger partial charge in [0.05, 0.1) is 5.41 Å². The molecule has 2 rings (SSSR count). The molecular formula is C14H24N2O3. The summed E-state index contributed by atoms with van der Waals surface area (Å²) in [6.45, 7) is 5.48. The SMILES string of the molecule is CCC1CCN(C(=O)NC2CCCC2(C)C(=O)O)C1. The molecule has 0 aromatic carbocycles. The number of nitrogens with zero attached hydrogens (tertiary/aromatic N) is 1. The molecule has 3 unspecified atom stereocenters. The number of nitrogens with one attached hydrogen (secondary N) is 1. The van der Waals surface area contributed by atoms with E-state index in [1.807, 2.05) is 4.90 Å². The molecule has 1 saturated carbocycles. The van der Waals surface area contributed by atoms with Gasteiger partial charge in [-0.3, -0.25) is 4.79 Å². The molecule has 2 aliphatic rings. The second-order valence-electron chi connectivity index (χ2n) is 6.13. The van der Waals surface area contributed by atoms with Gasteiger partial charge >= 0.3 is 12.0 Å². The van der Waals surface area contributed by atoms with Crippen LogP contribution in [0.2, 0.25) is 0 Å². The van der Waals surface area contributed by atoms with Crippen LogP contribution < -0.4 is 5.32 Å². The first kappa shape index (κ1) is 14.2. The second-order valence-corrected chi connectivity index (χ2v) is 6.13. The van der Waals surface area contributed by atoms with Gasteiger partial charge in [0.15, 0.2) is 0 Å². The monoisotopic (exact) mass is 268 g/mol. The minimum absolute atomic E-state index is 0.0877. The fourth-order valence-electron chi connectivity index (χ4n) is 3.24. The summed E-state index contributed by atoms with van der Waals surface area (Å²) in [5, 5.41) is 12.3. The topological polar surface area (TPSA) is 69.6 Å². The van der Waals surface area contributed by atoms with Crippen LogP contribution in [-0.2, 0) is 4.79 Å². The number of rotatable bonds is 3. The molecule has 2 fully saturated rings. The Balaban J connectivity index is 1.94. The number of carbonyl (C=O) groups excluding carboxylic acids is 1. The van der Waals surface area contributed by atoms with Gasteiger partial charge < -0.3 is 15.3 Å². The van der Waals surface area contributed by atoms with Gasteiger partial charge in [0.25, 0.3) is 0 Å². The summed E-state index contributed by atoms with van der Waals surface area (Å²) in [6, 6.07) is -0.325. The van der Waals surface area contributed by atoms with E-state index in [-0.39, 0.29) is 12.1 Å². The second kappa shape index (κ2) is 5.39. The lowest BCUT2D eigenvalue weighted by Gasteiger charge is -2.29. The Hall–Kier alpha value is -1.26. The number of hydrogen-bond donors (Lipinski definition) is 2. The first-order valence-electron chi connectivity index (χ1n) is 7.26. The molecule has 1 saturated heterocycles. The highest BCUT2D eigenvalue weighted by molar-refractivity contribution is 5.79. The largest absolute Gasteiger partial charge is 0.481 e. The van der Waals surface area contributed by atoms with Crippen molar-refractivity contribution in [2.45, 2.75) is 52.0 Å². The smallest absolute Gasteiger partial charge is 0.317 e. The average molecular weight is 268 g/mol. The summed E-state index contributed by atoms with van der Waals surface area (Å²) in [5.41, 5.74) is -0.806. The molecule has 1 aliphatic heterocycles. The molecule has 19 heavy (non-hydrogen) atoms. The minimum atomic E-state index is -0.806. The summed E-state index contributed by atoms with van der Waals surface area (Å²) in [5.74, 6) is -0.205. The van der Waals surface area contributed by atoms with Gasteiger partial charge in [-0.15, -0.1) is 0 Å². The van der Waals surface area contributed by atoms with Crippen LogP contribution >= 0.6 is 0 Å². The predicted molar refractivity (Wildman–Crippen MR) is 71.9 cm³/mol. The van der Waals surface area contributed by atoms with Gasteiger partial charge in [-0.05, 0) is 32.1 Å². The normalized spacial score (nSPS) is 34.5. The van der Waals surface area contributed by atoms with E-state index in [0.29, 0.717) is 12.3 Å². The van der Waals surface area contributed by atoms with E-state index >= 15 is 0 Å². The molecule has 0 spiro atoms. The van der Waals surface area contributed by atoms with Crippen LogP contribution in [0.4, 0.5) is 4.79 Å². The predicted octanol–water partition coefficient (Wildman–Crippen LogP) is 2.07. The zero-order chi connectivity index (χ0) is 14.0. The molecular weight excluding hydrogens is 244 g/mol. The highest BCUT2D eigenvalue weighted by Gasteiger charge is 2.46. The highest BCUT2D eigenvalue weighted by Crippen LogP contribution is 2.38. The molecule has 3 atom stereocenters. The summed E-state index contributed by atoms with van der Waals surface area (Å²) in [6.07, 6.45) is 4.43. The minimum Gasteiger partial charge on any atom is -0.481 e. The summed E-state index contributed by atoms with van der Waals surface area (Å²) in [4.78, 5) is 25.4. The number of aliphatic carboxylic acids is 1. The first-order chi connectivity index (χ1) is 8.97. The van der Waals surface area contributed by atoms with Crippen molar-refractivity contribution in [1.82, 2.24) is 10.2 Å². The van der Waals surface area contributed by atoms with E-state index in [0.717, 1.165) is 38.8 Å². The Morgan fingerprint density at radius 1 is 1.42 bits per heavy atom. The van der Waals surface area contributed by atoms with E-state index in [2.05, 4.69) is 12.2 Å². The van der Waals surface area contributed by atoms with Crippen molar-refractivity contribution in [3.05, 3.63) is 0 Å². The molecule has 2 amide bonds. The molecule has 0 aromatic rings. The zero-order valence-electron chi connectivity index (χ0n) is 11.8. The standard InChI is InChI=1S/C14H24N2O3/c1-3-10-6-8-16(9-10)13(19)15-11-5-4-7-14(11,2)12(17)18/h10-11H,3-9H2,1-2H3,(H,15,19)(H,17,18). The van der Waals surface area contributed by atoms with Crippen molar-refractivity contribution in [2.75, 3.05) is 13.1 Å². The molecule has 0 radical (unpaired) electrons. The van der Waals surface area contributed by atoms with Gasteiger partial charge in [-0.25, -0.2) is 4.79 Å². The molecule has 2 N–H and O–H groups in total. The Bertz CT molecular complexity index is 372. The maximum Gasteiger partial charge on any atom is 0.317 e. The van der Waals surface area contributed by atoms with Crippen molar-refractivity contribution in [1.29, 1.82) is 0 Å². The van der Waals surface area contributed by atoms with Crippen LogP contribution in [0.15, 0.2) is 0 Å². The Labute approximate surface area is 114 Å². The lowest BCUT2D eigenvalue weighted by Crippen LogP contribution is -2.51. The van der Waals surface area contributed by atoms with Crippen LogP contribution in [-0.4, -0.2) is 41.1 Å². The van der Waals surface area contributed by atoms with Crippen molar-refractivity contribution < 1.29 is 14.7 Å². The van der Waals surface area contributed by atoms with Gasteiger partial charge in [0.2, 0.25) is 0 Å². The number of hydrogen-bond acceptors (Lipinski definition) is 2. The Kier molecular flexibility index (Phi) is 4.02. The van der Waals surface area contributed by atoms with E-state index in [4.69, 9.17) is 0 Å². The molecule has 5 nitrogen and oxygen atoms in total. The van der Waals surface area contributed by atoms with E-state index < -0.39 is 11.4 Å². The average Bonchev–Trinajstić information content (AvgIpc) is 2.97. The Morgan fingerprint density at radius 3 is 2.74 bits per heavy atom. The zero-order valence-corrected chi connectivity index (χ0v) is 11.8. The molecule has 0 bridgehead atoms. The van der Waals surface area contributed by atoms with Crippen LogP contribution in [0.3, 0.4) is 0 Å². The number of carbonyl (C=O) groups is 2. The van der Waals surface area contributed by atoms with E-state index in [9.17, 15) is 14.7 Å². The molecule has 0 aromatic heterocycles. The molecule has 1 aliphatic carbocycles. The van der Waals surface area contributed by atoms with E-state index in [1.165, 1.54) is 0 Å². The van der Waals surface area contributed by atoms with E-state index in [1.54, 1.807) is 6.92 Å². The van der Waals surface area contributed by atoms with Gasteiger partial charge in [-0.2, -0.15) is 0 Å². The van der Waals surface area contributed by atoms with Gasteiger partial charge in [0.1, 0.15) is 0 Å². The summed E-state index contributed by atoms with van der Waals surface area (Å²) >= 11 is 0. The lowest BCUT2D eigenvalue weighted by molar-refractivity contribution is -0.148. The van der Waals surface area contributed by atoms with Crippen LogP contribution in [0.1, 0.15) is 46.0 Å².